The van der Waals surface area contributed by atoms with Crippen LogP contribution in [-0.4, -0.2) is 42.4 Å². The molecule has 0 saturated heterocycles. The zero-order valence-corrected chi connectivity index (χ0v) is 12.8. The standard InChI is InChI=1S/C12H15Cl2N3O3/c1-7(16(2)3)6-15-12(18)9-4-8(17(19)20)5-10(13)11(9)14/h4-5,7H,6H2,1-3H3,(H,15,18). The summed E-state index contributed by atoms with van der Waals surface area (Å²) in [6, 6.07) is 2.35. The van der Waals surface area contributed by atoms with Gasteiger partial charge in [0.15, 0.2) is 0 Å². The SMILES string of the molecule is CC(CNC(=O)c1cc([N+](=O)[O-])cc(Cl)c1Cl)N(C)C. The third-order valence-electron chi connectivity index (χ3n) is 2.91. The van der Waals surface area contributed by atoms with E-state index in [2.05, 4.69) is 5.32 Å². The summed E-state index contributed by atoms with van der Waals surface area (Å²) >= 11 is 11.7. The molecule has 1 rings (SSSR count). The lowest BCUT2D eigenvalue weighted by Gasteiger charge is -2.20. The molecule has 0 aliphatic rings. The molecule has 1 atom stereocenters. The Hall–Kier alpha value is -1.37. The molecule has 0 bridgehead atoms. The Morgan fingerprint density at radius 1 is 1.45 bits per heavy atom. The van der Waals surface area contributed by atoms with Gasteiger partial charge in [-0.1, -0.05) is 23.2 Å². The van der Waals surface area contributed by atoms with Gasteiger partial charge < -0.3 is 10.2 Å². The average molecular weight is 320 g/mol. The quantitative estimate of drug-likeness (QED) is 0.668. The predicted octanol–water partition coefficient (Wildman–Crippen LogP) is 2.58. The monoisotopic (exact) mass is 319 g/mol. The van der Waals surface area contributed by atoms with E-state index in [1.54, 1.807) is 0 Å². The second-order valence-corrected chi connectivity index (χ2v) is 5.35. The number of halogens is 2. The Kier molecular flexibility index (Phi) is 5.74. The van der Waals surface area contributed by atoms with Gasteiger partial charge >= 0.3 is 0 Å². The first kappa shape index (κ1) is 16.7. The normalized spacial score (nSPS) is 12.3. The van der Waals surface area contributed by atoms with Crippen molar-refractivity contribution >= 4 is 34.8 Å². The molecule has 0 heterocycles. The van der Waals surface area contributed by atoms with Gasteiger partial charge in [-0.05, 0) is 21.0 Å². The highest BCUT2D eigenvalue weighted by atomic mass is 35.5. The van der Waals surface area contributed by atoms with Gasteiger partial charge in [-0.3, -0.25) is 14.9 Å². The molecule has 0 aromatic heterocycles. The number of non-ortho nitro benzene ring substituents is 1. The van der Waals surface area contributed by atoms with Crippen LogP contribution in [0.5, 0.6) is 0 Å². The molecule has 0 spiro atoms. The molecule has 8 heteroatoms. The molecule has 6 nitrogen and oxygen atoms in total. The van der Waals surface area contributed by atoms with Crippen molar-refractivity contribution in [1.29, 1.82) is 0 Å². The maximum Gasteiger partial charge on any atom is 0.271 e. The molecule has 0 saturated carbocycles. The van der Waals surface area contributed by atoms with Gasteiger partial charge in [0.2, 0.25) is 0 Å². The number of hydrogen-bond acceptors (Lipinski definition) is 4. The van der Waals surface area contributed by atoms with Crippen molar-refractivity contribution in [3.63, 3.8) is 0 Å². The van der Waals surface area contributed by atoms with E-state index in [1.165, 1.54) is 0 Å². The van der Waals surface area contributed by atoms with Crippen LogP contribution < -0.4 is 5.32 Å². The third-order valence-corrected chi connectivity index (χ3v) is 3.71. The van der Waals surface area contributed by atoms with Crippen molar-refractivity contribution in [2.75, 3.05) is 20.6 Å². The predicted molar refractivity (Wildman–Crippen MR) is 78.6 cm³/mol. The fraction of sp³-hybridized carbons (Fsp3) is 0.417. The van der Waals surface area contributed by atoms with E-state index in [1.807, 2.05) is 25.9 Å². The summed E-state index contributed by atoms with van der Waals surface area (Å²) in [5, 5.41) is 13.4. The number of benzene rings is 1. The van der Waals surface area contributed by atoms with E-state index < -0.39 is 10.8 Å². The van der Waals surface area contributed by atoms with Crippen LogP contribution in [0.15, 0.2) is 12.1 Å². The van der Waals surface area contributed by atoms with Crippen LogP contribution in [0.4, 0.5) is 5.69 Å². The fourth-order valence-electron chi connectivity index (χ4n) is 1.36. The number of nitro groups is 1. The first-order valence-corrected chi connectivity index (χ1v) is 6.57. The van der Waals surface area contributed by atoms with E-state index in [9.17, 15) is 14.9 Å². The third kappa shape index (κ3) is 4.06. The lowest BCUT2D eigenvalue weighted by Crippen LogP contribution is -2.38. The van der Waals surface area contributed by atoms with Gasteiger partial charge in [-0.15, -0.1) is 0 Å². The lowest BCUT2D eigenvalue weighted by molar-refractivity contribution is -0.384. The first-order chi connectivity index (χ1) is 9.23. The van der Waals surface area contributed by atoms with Crippen molar-refractivity contribution in [3.8, 4) is 0 Å². The number of likely N-dealkylation sites (N-methyl/N-ethyl adjacent to an activating group) is 1. The number of carbonyl (C=O) groups is 1. The summed E-state index contributed by atoms with van der Waals surface area (Å²) < 4.78 is 0. The second-order valence-electron chi connectivity index (χ2n) is 4.57. The van der Waals surface area contributed by atoms with Crippen LogP contribution >= 0.6 is 23.2 Å². The molecular weight excluding hydrogens is 305 g/mol. The molecule has 0 fully saturated rings. The van der Waals surface area contributed by atoms with Gasteiger partial charge in [0.1, 0.15) is 0 Å². The summed E-state index contributed by atoms with van der Waals surface area (Å²) in [4.78, 5) is 24.1. The summed E-state index contributed by atoms with van der Waals surface area (Å²) in [7, 11) is 3.77. The zero-order chi connectivity index (χ0) is 15.4. The molecular formula is C12H15Cl2N3O3. The first-order valence-electron chi connectivity index (χ1n) is 5.82. The maximum absolute atomic E-state index is 12.0. The highest BCUT2D eigenvalue weighted by Crippen LogP contribution is 2.30. The van der Waals surface area contributed by atoms with Gasteiger partial charge in [0.25, 0.3) is 11.6 Å². The number of nitrogens with one attached hydrogen (secondary N) is 1. The molecule has 0 radical (unpaired) electrons. The largest absolute Gasteiger partial charge is 0.350 e. The topological polar surface area (TPSA) is 75.5 Å². The number of carbonyl (C=O) groups excluding carboxylic acids is 1. The Morgan fingerprint density at radius 3 is 2.55 bits per heavy atom. The molecule has 0 aliphatic heterocycles. The number of amides is 1. The van der Waals surface area contributed by atoms with Crippen molar-refractivity contribution in [2.24, 2.45) is 0 Å². The van der Waals surface area contributed by atoms with E-state index in [0.717, 1.165) is 12.1 Å². The van der Waals surface area contributed by atoms with E-state index in [0.29, 0.717) is 6.54 Å². The van der Waals surface area contributed by atoms with Gasteiger partial charge in [0.05, 0.1) is 20.5 Å². The van der Waals surface area contributed by atoms with Crippen molar-refractivity contribution < 1.29 is 9.72 Å². The van der Waals surface area contributed by atoms with E-state index >= 15 is 0 Å². The summed E-state index contributed by atoms with van der Waals surface area (Å²) in [6.07, 6.45) is 0. The van der Waals surface area contributed by atoms with Crippen LogP contribution in [0.25, 0.3) is 0 Å². The van der Waals surface area contributed by atoms with Gasteiger partial charge in [-0.2, -0.15) is 0 Å². The molecule has 1 aromatic rings. The average Bonchev–Trinajstić information content (AvgIpc) is 2.37. The Bertz CT molecular complexity index is 535. The molecule has 1 N–H and O–H groups in total. The van der Waals surface area contributed by atoms with Crippen LogP contribution in [-0.2, 0) is 0 Å². The summed E-state index contributed by atoms with van der Waals surface area (Å²) in [5.74, 6) is -0.491. The van der Waals surface area contributed by atoms with Crippen LogP contribution in [0, 0.1) is 10.1 Å². The van der Waals surface area contributed by atoms with Gasteiger partial charge in [-0.25, -0.2) is 0 Å². The Balaban J connectivity index is 2.95. The molecule has 20 heavy (non-hydrogen) atoms. The Morgan fingerprint density at radius 2 is 2.05 bits per heavy atom. The van der Waals surface area contributed by atoms with Gasteiger partial charge in [0, 0.05) is 24.7 Å². The molecule has 0 aliphatic carbocycles. The van der Waals surface area contributed by atoms with Crippen LogP contribution in [0.2, 0.25) is 10.0 Å². The number of nitro benzene ring substituents is 1. The number of rotatable bonds is 5. The highest BCUT2D eigenvalue weighted by molar-refractivity contribution is 6.44. The Labute approximate surface area is 126 Å². The van der Waals surface area contributed by atoms with Crippen LogP contribution in [0.1, 0.15) is 17.3 Å². The molecule has 1 unspecified atom stereocenters. The molecule has 110 valence electrons. The smallest absolute Gasteiger partial charge is 0.271 e. The minimum atomic E-state index is -0.624. The highest BCUT2D eigenvalue weighted by Gasteiger charge is 2.19. The minimum absolute atomic E-state index is 0.00294. The van der Waals surface area contributed by atoms with Crippen molar-refractivity contribution in [3.05, 3.63) is 37.9 Å². The fourth-order valence-corrected chi connectivity index (χ4v) is 1.77. The van der Waals surface area contributed by atoms with Crippen LogP contribution in [0.3, 0.4) is 0 Å². The number of nitrogens with zero attached hydrogens (tertiary/aromatic N) is 2. The molecule has 1 aromatic carbocycles. The minimum Gasteiger partial charge on any atom is -0.350 e. The van der Waals surface area contributed by atoms with Crippen molar-refractivity contribution in [2.45, 2.75) is 13.0 Å². The lowest BCUT2D eigenvalue weighted by atomic mass is 10.1. The van der Waals surface area contributed by atoms with E-state index in [4.69, 9.17) is 23.2 Å². The zero-order valence-electron chi connectivity index (χ0n) is 11.3. The number of hydrogen-bond donors (Lipinski definition) is 1. The summed E-state index contributed by atoms with van der Waals surface area (Å²) in [6.45, 7) is 2.32. The van der Waals surface area contributed by atoms with E-state index in [-0.39, 0.29) is 27.3 Å². The maximum atomic E-state index is 12.0. The second kappa shape index (κ2) is 6.88. The van der Waals surface area contributed by atoms with Crippen molar-refractivity contribution in [1.82, 2.24) is 10.2 Å². The molecule has 1 amide bonds. The summed E-state index contributed by atoms with van der Waals surface area (Å²) in [5.41, 5.74) is -0.276.